The van der Waals surface area contributed by atoms with Gasteiger partial charge in [0, 0.05) is 0 Å². The second-order valence-electron chi connectivity index (χ2n) is 4.78. The molecule has 0 spiro atoms. The van der Waals surface area contributed by atoms with Gasteiger partial charge in [0.1, 0.15) is 18.4 Å². The van der Waals surface area contributed by atoms with Crippen molar-refractivity contribution in [1.82, 2.24) is 0 Å². The smallest absolute Gasteiger partial charge is 0.140 e. The predicted octanol–water partition coefficient (Wildman–Crippen LogP) is 3.66. The van der Waals surface area contributed by atoms with Crippen molar-refractivity contribution in [2.45, 2.75) is 6.61 Å². The van der Waals surface area contributed by atoms with Gasteiger partial charge in [0.05, 0.1) is 30.9 Å². The van der Waals surface area contributed by atoms with Crippen molar-refractivity contribution in [3.63, 3.8) is 0 Å². The SMILES string of the molecule is CO/C(COCc1ccccc1)=C(\C#N)c1ccc(C#N)cc1. The van der Waals surface area contributed by atoms with Crippen molar-refractivity contribution in [2.75, 3.05) is 13.7 Å². The van der Waals surface area contributed by atoms with E-state index in [1.54, 1.807) is 24.3 Å². The molecule has 114 valence electrons. The van der Waals surface area contributed by atoms with Gasteiger partial charge in [-0.05, 0) is 23.3 Å². The van der Waals surface area contributed by atoms with E-state index in [9.17, 15) is 5.26 Å². The summed E-state index contributed by atoms with van der Waals surface area (Å²) >= 11 is 0. The van der Waals surface area contributed by atoms with Crippen LogP contribution < -0.4 is 0 Å². The van der Waals surface area contributed by atoms with Crippen LogP contribution in [0.4, 0.5) is 0 Å². The molecule has 0 saturated carbocycles. The lowest BCUT2D eigenvalue weighted by molar-refractivity contribution is 0.104. The first kappa shape index (κ1) is 16.3. The highest BCUT2D eigenvalue weighted by Crippen LogP contribution is 2.20. The zero-order valence-electron chi connectivity index (χ0n) is 12.8. The second-order valence-corrected chi connectivity index (χ2v) is 4.78. The molecule has 0 radical (unpaired) electrons. The van der Waals surface area contributed by atoms with E-state index >= 15 is 0 Å². The third-order valence-corrected chi connectivity index (χ3v) is 3.28. The average molecular weight is 304 g/mol. The maximum absolute atomic E-state index is 9.42. The van der Waals surface area contributed by atoms with Crippen molar-refractivity contribution in [2.24, 2.45) is 0 Å². The molecular weight excluding hydrogens is 288 g/mol. The Kier molecular flexibility index (Phi) is 5.94. The lowest BCUT2D eigenvalue weighted by Crippen LogP contribution is -2.03. The molecular formula is C19H16N2O2. The lowest BCUT2D eigenvalue weighted by atomic mass is 10.0. The van der Waals surface area contributed by atoms with Gasteiger partial charge in [-0.15, -0.1) is 0 Å². The maximum atomic E-state index is 9.42. The molecule has 0 aliphatic carbocycles. The molecule has 4 heteroatoms. The normalized spacial score (nSPS) is 11.1. The molecule has 2 aromatic carbocycles. The molecule has 0 unspecified atom stereocenters. The van der Waals surface area contributed by atoms with E-state index in [1.165, 1.54) is 7.11 Å². The number of nitrogens with zero attached hydrogens (tertiary/aromatic N) is 2. The monoisotopic (exact) mass is 304 g/mol. The Bertz CT molecular complexity index is 751. The summed E-state index contributed by atoms with van der Waals surface area (Å²) in [6.07, 6.45) is 0. The Hall–Kier alpha value is -3.08. The molecule has 0 aromatic heterocycles. The molecule has 4 nitrogen and oxygen atoms in total. The summed E-state index contributed by atoms with van der Waals surface area (Å²) in [7, 11) is 1.52. The minimum atomic E-state index is 0.203. The third kappa shape index (κ3) is 4.44. The Labute approximate surface area is 135 Å². The number of methoxy groups -OCH3 is 1. The highest BCUT2D eigenvalue weighted by Gasteiger charge is 2.10. The highest BCUT2D eigenvalue weighted by atomic mass is 16.5. The van der Waals surface area contributed by atoms with Crippen LogP contribution in [0, 0.1) is 22.7 Å². The molecule has 0 N–H and O–H groups in total. The molecule has 0 bridgehead atoms. The Balaban J connectivity index is 2.12. The van der Waals surface area contributed by atoms with Gasteiger partial charge in [0.25, 0.3) is 0 Å². The summed E-state index contributed by atoms with van der Waals surface area (Å²) in [5.41, 5.74) is 2.71. The van der Waals surface area contributed by atoms with Crippen LogP contribution in [0.15, 0.2) is 60.4 Å². The van der Waals surface area contributed by atoms with E-state index < -0.39 is 0 Å². The minimum absolute atomic E-state index is 0.203. The van der Waals surface area contributed by atoms with Gasteiger partial charge in [-0.3, -0.25) is 0 Å². The fourth-order valence-corrected chi connectivity index (χ4v) is 2.07. The Morgan fingerprint density at radius 2 is 1.70 bits per heavy atom. The van der Waals surface area contributed by atoms with Gasteiger partial charge in [-0.2, -0.15) is 10.5 Å². The van der Waals surface area contributed by atoms with Crippen molar-refractivity contribution in [1.29, 1.82) is 10.5 Å². The molecule has 0 saturated heterocycles. The first-order valence-electron chi connectivity index (χ1n) is 7.08. The quantitative estimate of drug-likeness (QED) is 0.603. The predicted molar refractivity (Wildman–Crippen MR) is 86.8 cm³/mol. The summed E-state index contributed by atoms with van der Waals surface area (Å²) in [6.45, 7) is 0.647. The summed E-state index contributed by atoms with van der Waals surface area (Å²) in [4.78, 5) is 0. The topological polar surface area (TPSA) is 66.0 Å². The number of rotatable bonds is 6. The van der Waals surface area contributed by atoms with Crippen LogP contribution in [0.2, 0.25) is 0 Å². The first-order valence-corrected chi connectivity index (χ1v) is 7.08. The number of hydrogen-bond donors (Lipinski definition) is 0. The first-order chi connectivity index (χ1) is 11.3. The molecule has 2 aromatic rings. The van der Waals surface area contributed by atoms with Crippen molar-refractivity contribution < 1.29 is 9.47 Å². The van der Waals surface area contributed by atoms with E-state index in [1.807, 2.05) is 30.3 Å². The number of ether oxygens (including phenoxy) is 2. The van der Waals surface area contributed by atoms with Gasteiger partial charge in [0.2, 0.25) is 0 Å². The average Bonchev–Trinajstić information content (AvgIpc) is 2.62. The van der Waals surface area contributed by atoms with E-state index in [0.29, 0.717) is 29.1 Å². The molecule has 0 heterocycles. The summed E-state index contributed by atoms with van der Waals surface area (Å²) in [6, 6.07) is 20.8. The highest BCUT2D eigenvalue weighted by molar-refractivity contribution is 5.78. The second kappa shape index (κ2) is 8.38. The van der Waals surface area contributed by atoms with E-state index in [2.05, 4.69) is 12.1 Å². The number of nitriles is 2. The molecule has 0 aliphatic rings. The summed E-state index contributed by atoms with van der Waals surface area (Å²) < 4.78 is 11.0. The molecule has 23 heavy (non-hydrogen) atoms. The van der Waals surface area contributed by atoms with Crippen LogP contribution in [0.25, 0.3) is 5.57 Å². The fraction of sp³-hybridized carbons (Fsp3) is 0.158. The Morgan fingerprint density at radius 3 is 2.26 bits per heavy atom. The fourth-order valence-electron chi connectivity index (χ4n) is 2.07. The number of benzene rings is 2. The van der Waals surface area contributed by atoms with E-state index in [-0.39, 0.29) is 6.61 Å². The standard InChI is InChI=1S/C19H16N2O2/c1-22-19(14-23-13-16-5-3-2-4-6-16)18(12-21)17-9-7-15(11-20)8-10-17/h2-10H,13-14H2,1H3/b19-18+. The van der Waals surface area contributed by atoms with Gasteiger partial charge < -0.3 is 9.47 Å². The van der Waals surface area contributed by atoms with Crippen molar-refractivity contribution in [3.8, 4) is 12.1 Å². The van der Waals surface area contributed by atoms with Crippen LogP contribution in [-0.4, -0.2) is 13.7 Å². The molecule has 0 atom stereocenters. The molecule has 0 fully saturated rings. The van der Waals surface area contributed by atoms with Crippen LogP contribution in [0.5, 0.6) is 0 Å². The summed E-state index contributed by atoms with van der Waals surface area (Å²) in [5, 5.41) is 18.2. The molecule has 2 rings (SSSR count). The largest absolute Gasteiger partial charge is 0.497 e. The van der Waals surface area contributed by atoms with Crippen molar-refractivity contribution >= 4 is 5.57 Å². The number of allylic oxidation sites excluding steroid dienone is 1. The van der Waals surface area contributed by atoms with Crippen LogP contribution >= 0.6 is 0 Å². The summed E-state index contributed by atoms with van der Waals surface area (Å²) in [5.74, 6) is 0.466. The maximum Gasteiger partial charge on any atom is 0.140 e. The van der Waals surface area contributed by atoms with Gasteiger partial charge in [-0.1, -0.05) is 42.5 Å². The van der Waals surface area contributed by atoms with E-state index in [4.69, 9.17) is 14.7 Å². The molecule has 0 aliphatic heterocycles. The minimum Gasteiger partial charge on any atom is -0.497 e. The zero-order valence-corrected chi connectivity index (χ0v) is 12.8. The Morgan fingerprint density at radius 1 is 1.00 bits per heavy atom. The van der Waals surface area contributed by atoms with Crippen LogP contribution in [-0.2, 0) is 16.1 Å². The number of hydrogen-bond acceptors (Lipinski definition) is 4. The lowest BCUT2D eigenvalue weighted by Gasteiger charge is -2.10. The van der Waals surface area contributed by atoms with Gasteiger partial charge in [0.15, 0.2) is 0 Å². The van der Waals surface area contributed by atoms with Crippen LogP contribution in [0.3, 0.4) is 0 Å². The van der Waals surface area contributed by atoms with E-state index in [0.717, 1.165) is 5.56 Å². The zero-order chi connectivity index (χ0) is 16.5. The molecule has 0 amide bonds. The third-order valence-electron chi connectivity index (χ3n) is 3.28. The van der Waals surface area contributed by atoms with Gasteiger partial charge in [-0.25, -0.2) is 0 Å². The van der Waals surface area contributed by atoms with Gasteiger partial charge >= 0.3 is 0 Å². The van der Waals surface area contributed by atoms with Crippen molar-refractivity contribution in [3.05, 3.63) is 77.0 Å². The van der Waals surface area contributed by atoms with Crippen LogP contribution in [0.1, 0.15) is 16.7 Å².